The molecule has 1 fully saturated rings. The summed E-state index contributed by atoms with van der Waals surface area (Å²) in [7, 11) is 0. The van der Waals surface area contributed by atoms with Crippen LogP contribution in [0.3, 0.4) is 0 Å². The van der Waals surface area contributed by atoms with Gasteiger partial charge in [-0.15, -0.1) is 0 Å². The summed E-state index contributed by atoms with van der Waals surface area (Å²) >= 11 is 0. The van der Waals surface area contributed by atoms with Crippen LogP contribution in [0.4, 0.5) is 0 Å². The zero-order valence-corrected chi connectivity index (χ0v) is 20.4. The quantitative estimate of drug-likeness (QED) is 0.276. The van der Waals surface area contributed by atoms with Crippen molar-refractivity contribution in [2.75, 3.05) is 13.1 Å². The highest BCUT2D eigenvalue weighted by atomic mass is 16.4. The molecule has 3 atom stereocenters. The molecule has 1 aliphatic rings. The van der Waals surface area contributed by atoms with Gasteiger partial charge in [0.05, 0.1) is 12.6 Å². The van der Waals surface area contributed by atoms with Crippen LogP contribution in [0.25, 0.3) is 10.9 Å². The average Bonchev–Trinajstić information content (AvgIpc) is 3.55. The first-order valence-corrected chi connectivity index (χ1v) is 12.3. The minimum atomic E-state index is -1.18. The zero-order chi connectivity index (χ0) is 26.4. The van der Waals surface area contributed by atoms with Gasteiger partial charge in [-0.05, 0) is 36.5 Å². The number of aromatic nitrogens is 1. The van der Waals surface area contributed by atoms with E-state index in [1.54, 1.807) is 6.20 Å². The van der Waals surface area contributed by atoms with Gasteiger partial charge in [0.2, 0.25) is 17.7 Å². The van der Waals surface area contributed by atoms with E-state index in [1.165, 1.54) is 4.90 Å². The lowest BCUT2D eigenvalue weighted by Gasteiger charge is -2.26. The molecule has 10 nitrogen and oxygen atoms in total. The number of aliphatic carboxylic acids is 1. The van der Waals surface area contributed by atoms with E-state index in [4.69, 9.17) is 5.73 Å². The number of amides is 3. The predicted molar refractivity (Wildman–Crippen MR) is 137 cm³/mol. The molecule has 0 bridgehead atoms. The molecule has 37 heavy (non-hydrogen) atoms. The number of fused-ring (bicyclic) bond motifs is 1. The van der Waals surface area contributed by atoms with Gasteiger partial charge in [0.1, 0.15) is 12.1 Å². The molecule has 4 rings (SSSR count). The van der Waals surface area contributed by atoms with Gasteiger partial charge in [-0.1, -0.05) is 48.5 Å². The molecule has 1 aliphatic heterocycles. The van der Waals surface area contributed by atoms with Crippen LogP contribution in [0.15, 0.2) is 60.8 Å². The first kappa shape index (κ1) is 25.9. The lowest BCUT2D eigenvalue weighted by molar-refractivity contribution is -0.142. The topological polar surface area (TPSA) is 158 Å². The molecule has 10 heteroatoms. The third-order valence-electron chi connectivity index (χ3n) is 6.61. The van der Waals surface area contributed by atoms with Crippen molar-refractivity contribution < 1.29 is 24.3 Å². The fraction of sp³-hybridized carbons (Fsp3) is 0.333. The summed E-state index contributed by atoms with van der Waals surface area (Å²) in [6, 6.07) is 14.2. The maximum absolute atomic E-state index is 12.9. The highest BCUT2D eigenvalue weighted by Gasteiger charge is 2.36. The van der Waals surface area contributed by atoms with Crippen LogP contribution in [0.2, 0.25) is 0 Å². The smallest absolute Gasteiger partial charge is 0.326 e. The summed E-state index contributed by atoms with van der Waals surface area (Å²) < 4.78 is 0. The Hall–Kier alpha value is -4.18. The standard InChI is InChI=1S/C27H31N5O5/c28-20(13-17-7-2-1-3-8-17)26(35)32-12-6-11-23(32)25(34)30-16-24(33)31-22(27(36)37)14-18-15-29-21-10-5-4-9-19(18)21/h1-5,7-10,15,20,22-23,29H,6,11-14,16,28H2,(H,30,34)(H,31,33)(H,36,37). The van der Waals surface area contributed by atoms with E-state index in [-0.39, 0.29) is 12.3 Å². The first-order valence-electron chi connectivity index (χ1n) is 12.3. The van der Waals surface area contributed by atoms with Gasteiger partial charge in [-0.25, -0.2) is 4.79 Å². The molecule has 3 amide bonds. The Labute approximate surface area is 214 Å². The summed E-state index contributed by atoms with van der Waals surface area (Å²) in [6.07, 6.45) is 3.29. The van der Waals surface area contributed by atoms with Gasteiger partial charge in [0.25, 0.3) is 0 Å². The number of carboxylic acids is 1. The maximum Gasteiger partial charge on any atom is 0.326 e. The second-order valence-electron chi connectivity index (χ2n) is 9.23. The number of nitrogens with two attached hydrogens (primary N) is 1. The molecule has 0 aliphatic carbocycles. The van der Waals surface area contributed by atoms with Crippen LogP contribution in [0, 0.1) is 0 Å². The van der Waals surface area contributed by atoms with E-state index < -0.39 is 42.5 Å². The van der Waals surface area contributed by atoms with E-state index in [9.17, 15) is 24.3 Å². The summed E-state index contributed by atoms with van der Waals surface area (Å²) in [5.74, 6) is -2.57. The molecule has 6 N–H and O–H groups in total. The van der Waals surface area contributed by atoms with E-state index in [0.29, 0.717) is 25.8 Å². The first-order chi connectivity index (χ1) is 17.8. The summed E-state index contributed by atoms with van der Waals surface area (Å²) in [5.41, 5.74) is 8.71. The van der Waals surface area contributed by atoms with Crippen LogP contribution in [-0.4, -0.2) is 69.9 Å². The second-order valence-corrected chi connectivity index (χ2v) is 9.23. The van der Waals surface area contributed by atoms with Crippen molar-refractivity contribution in [3.05, 3.63) is 71.9 Å². The SMILES string of the molecule is NC(Cc1ccccc1)C(=O)N1CCCC1C(=O)NCC(=O)NC(Cc1c[nH]c2ccccc12)C(=O)O. The molecule has 0 radical (unpaired) electrons. The Morgan fingerprint density at radius 2 is 1.78 bits per heavy atom. The van der Waals surface area contributed by atoms with Crippen molar-refractivity contribution >= 4 is 34.6 Å². The Bertz CT molecular complexity index is 1270. The van der Waals surface area contributed by atoms with Crippen LogP contribution in [0.1, 0.15) is 24.0 Å². The largest absolute Gasteiger partial charge is 0.480 e. The highest BCUT2D eigenvalue weighted by Crippen LogP contribution is 2.20. The van der Waals surface area contributed by atoms with Crippen molar-refractivity contribution in [1.29, 1.82) is 0 Å². The molecule has 1 aromatic heterocycles. The molecule has 3 aromatic rings. The van der Waals surface area contributed by atoms with Gasteiger partial charge in [0, 0.05) is 30.1 Å². The summed E-state index contributed by atoms with van der Waals surface area (Å²) in [5, 5.41) is 15.5. The van der Waals surface area contributed by atoms with Gasteiger partial charge in [0.15, 0.2) is 0 Å². The van der Waals surface area contributed by atoms with Crippen LogP contribution in [-0.2, 0) is 32.0 Å². The second kappa shape index (κ2) is 11.7. The van der Waals surface area contributed by atoms with Crippen molar-refractivity contribution in [2.45, 2.75) is 43.8 Å². The zero-order valence-electron chi connectivity index (χ0n) is 20.4. The number of hydrogen-bond acceptors (Lipinski definition) is 5. The third kappa shape index (κ3) is 6.34. The van der Waals surface area contributed by atoms with Crippen molar-refractivity contribution in [2.24, 2.45) is 5.73 Å². The molecule has 1 saturated heterocycles. The van der Waals surface area contributed by atoms with Gasteiger partial charge >= 0.3 is 5.97 Å². The Balaban J connectivity index is 1.30. The number of nitrogens with one attached hydrogen (secondary N) is 3. The fourth-order valence-corrected chi connectivity index (χ4v) is 4.72. The molecular formula is C27H31N5O5. The molecule has 3 unspecified atom stereocenters. The summed E-state index contributed by atoms with van der Waals surface area (Å²) in [6.45, 7) is 0.0163. The lowest BCUT2D eigenvalue weighted by Crippen LogP contribution is -2.53. The van der Waals surface area contributed by atoms with Crippen LogP contribution < -0.4 is 16.4 Å². The molecular weight excluding hydrogens is 474 g/mol. The molecule has 0 spiro atoms. The summed E-state index contributed by atoms with van der Waals surface area (Å²) in [4.78, 5) is 54.6. The number of likely N-dealkylation sites (tertiary alicyclic amines) is 1. The van der Waals surface area contributed by atoms with E-state index in [1.807, 2.05) is 54.6 Å². The number of aromatic amines is 1. The maximum atomic E-state index is 12.9. The number of para-hydroxylation sites is 1. The minimum Gasteiger partial charge on any atom is -0.480 e. The van der Waals surface area contributed by atoms with E-state index >= 15 is 0 Å². The highest BCUT2D eigenvalue weighted by molar-refractivity contribution is 5.93. The lowest BCUT2D eigenvalue weighted by atomic mass is 10.0. The number of carboxylic acid groups (broad SMARTS) is 1. The van der Waals surface area contributed by atoms with E-state index in [2.05, 4.69) is 15.6 Å². The van der Waals surface area contributed by atoms with Crippen LogP contribution in [0.5, 0.6) is 0 Å². The van der Waals surface area contributed by atoms with Crippen molar-refractivity contribution in [1.82, 2.24) is 20.5 Å². The monoisotopic (exact) mass is 505 g/mol. The van der Waals surface area contributed by atoms with Crippen molar-refractivity contribution in [3.63, 3.8) is 0 Å². The average molecular weight is 506 g/mol. The molecule has 0 saturated carbocycles. The number of carbonyl (C=O) groups is 4. The number of carbonyl (C=O) groups excluding carboxylic acids is 3. The molecule has 2 aromatic carbocycles. The molecule has 194 valence electrons. The van der Waals surface area contributed by atoms with E-state index in [0.717, 1.165) is 22.0 Å². The number of H-pyrrole nitrogens is 1. The molecule has 2 heterocycles. The normalized spacial score (nSPS) is 16.8. The van der Waals surface area contributed by atoms with Gasteiger partial charge < -0.3 is 31.4 Å². The number of benzene rings is 2. The minimum absolute atomic E-state index is 0.0865. The van der Waals surface area contributed by atoms with Crippen molar-refractivity contribution in [3.8, 4) is 0 Å². The number of nitrogens with zero attached hydrogens (tertiary/aromatic N) is 1. The van der Waals surface area contributed by atoms with Gasteiger partial charge in [-0.2, -0.15) is 0 Å². The Morgan fingerprint density at radius 1 is 1.05 bits per heavy atom. The fourth-order valence-electron chi connectivity index (χ4n) is 4.72. The Kier molecular flexibility index (Phi) is 8.19. The predicted octanol–water partition coefficient (Wildman–Crippen LogP) is 0.957. The third-order valence-corrected chi connectivity index (χ3v) is 6.61. The van der Waals surface area contributed by atoms with Gasteiger partial charge in [-0.3, -0.25) is 14.4 Å². The Morgan fingerprint density at radius 3 is 2.54 bits per heavy atom. The van der Waals surface area contributed by atoms with Crippen LogP contribution >= 0.6 is 0 Å². The number of hydrogen-bond donors (Lipinski definition) is 5. The number of rotatable bonds is 10.